The molecule has 0 bridgehead atoms. The van der Waals surface area contributed by atoms with Crippen LogP contribution in [0.5, 0.6) is 0 Å². The predicted molar refractivity (Wildman–Crippen MR) is 61.4 cm³/mol. The van der Waals surface area contributed by atoms with Gasteiger partial charge < -0.3 is 4.74 Å². The Hall–Kier alpha value is -1.84. The molecule has 0 saturated carbocycles. The largest absolute Gasteiger partial charge is 0.535 e. The van der Waals surface area contributed by atoms with Gasteiger partial charge in [0.2, 0.25) is 0 Å². The maximum atomic E-state index is 10.9. The second-order valence-corrected chi connectivity index (χ2v) is 3.03. The van der Waals surface area contributed by atoms with Crippen molar-refractivity contribution in [2.24, 2.45) is 5.16 Å². The molecule has 0 aliphatic rings. The fraction of sp³-hybridized carbons (Fsp3) is 0.333. The highest BCUT2D eigenvalue weighted by Crippen LogP contribution is 2.05. The van der Waals surface area contributed by atoms with Crippen molar-refractivity contribution in [2.75, 3.05) is 6.61 Å². The first-order chi connectivity index (χ1) is 7.77. The first-order valence-corrected chi connectivity index (χ1v) is 5.24. The maximum absolute atomic E-state index is 10.9. The van der Waals surface area contributed by atoms with E-state index in [1.807, 2.05) is 37.3 Å². The van der Waals surface area contributed by atoms with E-state index >= 15 is 0 Å². The van der Waals surface area contributed by atoms with E-state index in [-0.39, 0.29) is 6.61 Å². The van der Waals surface area contributed by atoms with Gasteiger partial charge in [-0.15, -0.1) is 0 Å². The van der Waals surface area contributed by atoms with Gasteiger partial charge in [0.1, 0.15) is 0 Å². The lowest BCUT2D eigenvalue weighted by Crippen LogP contribution is -2.06. The Morgan fingerprint density at radius 1 is 1.25 bits per heavy atom. The summed E-state index contributed by atoms with van der Waals surface area (Å²) in [6.07, 6.45) is -0.0898. The Labute approximate surface area is 94.9 Å². The first-order valence-electron chi connectivity index (χ1n) is 5.24. The van der Waals surface area contributed by atoms with Crippen molar-refractivity contribution < 1.29 is 14.4 Å². The van der Waals surface area contributed by atoms with E-state index in [0.717, 1.165) is 5.56 Å². The second kappa shape index (κ2) is 6.61. The van der Waals surface area contributed by atoms with Gasteiger partial charge in [-0.1, -0.05) is 42.4 Å². The molecule has 4 nitrogen and oxygen atoms in total. The number of nitrogens with zero attached hydrogens (tertiary/aromatic N) is 1. The first kappa shape index (κ1) is 12.2. The van der Waals surface area contributed by atoms with Gasteiger partial charge in [0, 0.05) is 0 Å². The molecule has 0 aromatic heterocycles. The van der Waals surface area contributed by atoms with Crippen LogP contribution < -0.4 is 0 Å². The molecule has 86 valence electrons. The molecule has 1 aromatic carbocycles. The molecule has 0 aliphatic carbocycles. The highest BCUT2D eigenvalue weighted by Gasteiger charge is 2.04. The quantitative estimate of drug-likeness (QED) is 0.340. The third-order valence-corrected chi connectivity index (χ3v) is 1.93. The standard InChI is InChI=1S/C12H15NO3/c1-3-11(10-8-6-5-7-9-10)13-16-12(14)15-4-2/h5-9H,3-4H2,1-2H3/b13-11+. The highest BCUT2D eigenvalue weighted by atomic mass is 16.8. The monoisotopic (exact) mass is 221 g/mol. The topological polar surface area (TPSA) is 47.9 Å². The summed E-state index contributed by atoms with van der Waals surface area (Å²) in [5.41, 5.74) is 1.66. The van der Waals surface area contributed by atoms with Crippen LogP contribution >= 0.6 is 0 Å². The molecule has 1 rings (SSSR count). The van der Waals surface area contributed by atoms with Crippen LogP contribution in [0, 0.1) is 0 Å². The van der Waals surface area contributed by atoms with E-state index < -0.39 is 6.16 Å². The van der Waals surface area contributed by atoms with Crippen LogP contribution in [0.4, 0.5) is 4.79 Å². The molecule has 0 saturated heterocycles. The molecule has 16 heavy (non-hydrogen) atoms. The lowest BCUT2D eigenvalue weighted by molar-refractivity contribution is 0.0612. The number of hydrogen-bond acceptors (Lipinski definition) is 4. The predicted octanol–water partition coefficient (Wildman–Crippen LogP) is 2.97. The Balaban J connectivity index is 2.68. The Morgan fingerprint density at radius 2 is 1.94 bits per heavy atom. The summed E-state index contributed by atoms with van der Waals surface area (Å²) in [6, 6.07) is 9.56. The molecule has 0 atom stereocenters. The molecule has 0 aliphatic heterocycles. The summed E-state index contributed by atoms with van der Waals surface area (Å²) in [5.74, 6) is 0. The van der Waals surface area contributed by atoms with E-state index in [2.05, 4.69) is 14.7 Å². The van der Waals surface area contributed by atoms with E-state index in [0.29, 0.717) is 12.1 Å². The van der Waals surface area contributed by atoms with E-state index in [1.54, 1.807) is 6.92 Å². The zero-order chi connectivity index (χ0) is 11.8. The van der Waals surface area contributed by atoms with Gasteiger partial charge >= 0.3 is 6.16 Å². The second-order valence-electron chi connectivity index (χ2n) is 3.03. The summed E-state index contributed by atoms with van der Waals surface area (Å²) in [6.45, 7) is 3.93. The molecule has 0 fully saturated rings. The maximum Gasteiger partial charge on any atom is 0.535 e. The zero-order valence-electron chi connectivity index (χ0n) is 9.47. The molecule has 0 amide bonds. The van der Waals surface area contributed by atoms with Crippen LogP contribution in [0.25, 0.3) is 0 Å². The van der Waals surface area contributed by atoms with Gasteiger partial charge in [-0.05, 0) is 18.9 Å². The van der Waals surface area contributed by atoms with Crippen LogP contribution in [0.15, 0.2) is 35.5 Å². The van der Waals surface area contributed by atoms with Crippen molar-refractivity contribution in [3.63, 3.8) is 0 Å². The summed E-state index contributed by atoms with van der Waals surface area (Å²) < 4.78 is 4.60. The van der Waals surface area contributed by atoms with E-state index in [4.69, 9.17) is 0 Å². The van der Waals surface area contributed by atoms with Gasteiger partial charge in [-0.25, -0.2) is 4.79 Å². The van der Waals surface area contributed by atoms with Crippen molar-refractivity contribution in [2.45, 2.75) is 20.3 Å². The number of oxime groups is 1. The molecular weight excluding hydrogens is 206 g/mol. The Morgan fingerprint density at radius 3 is 2.50 bits per heavy atom. The number of hydrogen-bond donors (Lipinski definition) is 0. The normalized spacial score (nSPS) is 11.0. The number of rotatable bonds is 4. The SMILES string of the molecule is CCOC(=O)O/N=C(\CC)c1ccccc1. The van der Waals surface area contributed by atoms with Gasteiger partial charge in [0.05, 0.1) is 12.3 Å². The van der Waals surface area contributed by atoms with Gasteiger partial charge in [0.15, 0.2) is 0 Å². The van der Waals surface area contributed by atoms with Gasteiger partial charge in [-0.2, -0.15) is 0 Å². The van der Waals surface area contributed by atoms with Crippen LogP contribution in [-0.4, -0.2) is 18.5 Å². The third-order valence-electron chi connectivity index (χ3n) is 1.93. The van der Waals surface area contributed by atoms with Gasteiger partial charge in [0.25, 0.3) is 0 Å². The number of carbonyl (C=O) groups is 1. The van der Waals surface area contributed by atoms with Crippen molar-refractivity contribution in [1.82, 2.24) is 0 Å². The summed E-state index contributed by atoms with van der Waals surface area (Å²) in [4.78, 5) is 15.6. The number of ether oxygens (including phenoxy) is 1. The van der Waals surface area contributed by atoms with E-state index in [9.17, 15) is 4.79 Å². The molecule has 0 N–H and O–H groups in total. The fourth-order valence-electron chi connectivity index (χ4n) is 1.19. The van der Waals surface area contributed by atoms with Crippen LogP contribution in [0.1, 0.15) is 25.8 Å². The molecule has 0 unspecified atom stereocenters. The summed E-state index contributed by atoms with van der Waals surface area (Å²) >= 11 is 0. The minimum Gasteiger partial charge on any atom is -0.433 e. The average Bonchev–Trinajstić information content (AvgIpc) is 2.31. The Kier molecular flexibility index (Phi) is 5.05. The van der Waals surface area contributed by atoms with Crippen molar-refractivity contribution in [3.8, 4) is 0 Å². The highest BCUT2D eigenvalue weighted by molar-refractivity contribution is 6.00. The summed E-state index contributed by atoms with van der Waals surface area (Å²) in [7, 11) is 0. The molecule has 0 heterocycles. The van der Waals surface area contributed by atoms with Crippen molar-refractivity contribution >= 4 is 11.9 Å². The zero-order valence-corrected chi connectivity index (χ0v) is 9.47. The molecular formula is C12H15NO3. The van der Waals surface area contributed by atoms with Crippen molar-refractivity contribution in [3.05, 3.63) is 35.9 Å². The van der Waals surface area contributed by atoms with E-state index in [1.165, 1.54) is 0 Å². The Bertz CT molecular complexity index is 360. The third kappa shape index (κ3) is 3.73. The van der Waals surface area contributed by atoms with Crippen molar-refractivity contribution in [1.29, 1.82) is 0 Å². The smallest absolute Gasteiger partial charge is 0.433 e. The lowest BCUT2D eigenvalue weighted by atomic mass is 10.1. The van der Waals surface area contributed by atoms with Crippen LogP contribution in [0.2, 0.25) is 0 Å². The number of carbonyl (C=O) groups excluding carboxylic acids is 1. The minimum absolute atomic E-state index is 0.279. The average molecular weight is 221 g/mol. The summed E-state index contributed by atoms with van der Waals surface area (Å²) in [5, 5.41) is 3.77. The lowest BCUT2D eigenvalue weighted by Gasteiger charge is -2.03. The van der Waals surface area contributed by atoms with Gasteiger partial charge in [-0.3, -0.25) is 4.84 Å². The molecule has 0 radical (unpaired) electrons. The van der Waals surface area contributed by atoms with Crippen LogP contribution in [0.3, 0.4) is 0 Å². The molecule has 0 spiro atoms. The molecule has 4 heteroatoms. The van der Waals surface area contributed by atoms with Crippen LogP contribution in [-0.2, 0) is 9.57 Å². The number of benzene rings is 1. The minimum atomic E-state index is -0.774. The fourth-order valence-corrected chi connectivity index (χ4v) is 1.19. The molecule has 1 aromatic rings.